The molecule has 5 nitrogen and oxygen atoms in total. The van der Waals surface area contributed by atoms with Crippen LogP contribution < -0.4 is 5.32 Å². The molecule has 2 unspecified atom stereocenters. The first-order valence-electron chi connectivity index (χ1n) is 9.75. The lowest BCUT2D eigenvalue weighted by molar-refractivity contribution is -0.0850. The molecule has 1 N–H and O–H groups in total. The Morgan fingerprint density at radius 1 is 1.14 bits per heavy atom. The number of halogens is 2. The summed E-state index contributed by atoms with van der Waals surface area (Å²) >= 11 is 0. The summed E-state index contributed by atoms with van der Waals surface area (Å²) in [7, 11) is 1.58. The van der Waals surface area contributed by atoms with Gasteiger partial charge in [0.2, 0.25) is 0 Å². The molecule has 1 amide bonds. The van der Waals surface area contributed by atoms with Crippen molar-refractivity contribution in [2.75, 3.05) is 26.7 Å². The van der Waals surface area contributed by atoms with Crippen LogP contribution in [0, 0.1) is 11.6 Å². The first-order valence-corrected chi connectivity index (χ1v) is 9.75. The summed E-state index contributed by atoms with van der Waals surface area (Å²) < 4.78 is 40.1. The highest BCUT2D eigenvalue weighted by Crippen LogP contribution is 2.37. The van der Waals surface area contributed by atoms with Gasteiger partial charge in [-0.05, 0) is 23.8 Å². The second kappa shape index (κ2) is 8.08. The van der Waals surface area contributed by atoms with Gasteiger partial charge in [0.1, 0.15) is 23.5 Å². The molecule has 0 aliphatic carbocycles. The maximum atomic E-state index is 14.7. The number of hydrogen-bond donors (Lipinski definition) is 1. The van der Waals surface area contributed by atoms with E-state index in [1.165, 1.54) is 6.07 Å². The van der Waals surface area contributed by atoms with E-state index in [-0.39, 0.29) is 11.7 Å². The number of likely N-dealkylation sites (tertiary alicyclic amines) is 1. The van der Waals surface area contributed by atoms with Crippen molar-refractivity contribution < 1.29 is 23.0 Å². The fourth-order valence-electron chi connectivity index (χ4n) is 4.37. The van der Waals surface area contributed by atoms with Gasteiger partial charge in [-0.2, -0.15) is 0 Å². The number of ether oxygens (including phenoxy) is 2. The monoisotopic (exact) mass is 402 g/mol. The first-order chi connectivity index (χ1) is 14.0. The quantitative estimate of drug-likeness (QED) is 0.830. The number of rotatable bonds is 5. The van der Waals surface area contributed by atoms with Gasteiger partial charge in [0, 0.05) is 38.6 Å². The van der Waals surface area contributed by atoms with E-state index in [0.29, 0.717) is 32.5 Å². The van der Waals surface area contributed by atoms with Crippen LogP contribution in [0.3, 0.4) is 0 Å². The second-order valence-corrected chi connectivity index (χ2v) is 7.64. The molecule has 2 atom stereocenters. The Morgan fingerprint density at radius 2 is 1.86 bits per heavy atom. The minimum Gasteiger partial charge on any atom is -0.441 e. The Balaban J connectivity index is 1.64. The van der Waals surface area contributed by atoms with Crippen molar-refractivity contribution in [2.45, 2.75) is 30.6 Å². The van der Waals surface area contributed by atoms with Crippen LogP contribution in [-0.2, 0) is 9.47 Å². The zero-order chi connectivity index (χ0) is 20.4. The molecule has 2 aliphatic heterocycles. The van der Waals surface area contributed by atoms with Crippen LogP contribution in [0.15, 0.2) is 48.5 Å². The number of alkyl carbamates (subject to hydrolysis) is 1. The summed E-state index contributed by atoms with van der Waals surface area (Å²) in [6.45, 7) is 1.74. The van der Waals surface area contributed by atoms with Crippen molar-refractivity contribution in [2.24, 2.45) is 0 Å². The van der Waals surface area contributed by atoms with Crippen LogP contribution in [0.4, 0.5) is 13.6 Å². The summed E-state index contributed by atoms with van der Waals surface area (Å²) in [6, 6.07) is 13.0. The number of piperidine rings is 1. The fourth-order valence-corrected chi connectivity index (χ4v) is 4.37. The number of amides is 1. The first kappa shape index (κ1) is 19.8. The standard InChI is InChI=1S/C22H24F2N2O3/c1-28-20(26-11-9-22(10-12-26)14-25-21(27)29-22)19(15-5-3-2-4-6-15)17-13-16(23)7-8-18(17)24/h2-8,13,19-20H,9-12,14H2,1H3,(H,25,27). The normalized spacial score (nSPS) is 20.9. The van der Waals surface area contributed by atoms with Crippen LogP contribution in [-0.4, -0.2) is 49.6 Å². The maximum absolute atomic E-state index is 14.7. The molecular weight excluding hydrogens is 378 g/mol. The van der Waals surface area contributed by atoms with Gasteiger partial charge < -0.3 is 14.8 Å². The third-order valence-corrected chi connectivity index (χ3v) is 5.91. The Bertz CT molecular complexity index is 870. The molecule has 4 rings (SSSR count). The minimum absolute atomic E-state index is 0.261. The smallest absolute Gasteiger partial charge is 0.407 e. The molecule has 2 aromatic rings. The number of nitrogens with one attached hydrogen (secondary N) is 1. The van der Waals surface area contributed by atoms with E-state index in [9.17, 15) is 13.6 Å². The summed E-state index contributed by atoms with van der Waals surface area (Å²) in [5, 5.41) is 2.72. The number of hydrogen-bond acceptors (Lipinski definition) is 4. The lowest BCUT2D eigenvalue weighted by atomic mass is 9.86. The molecule has 1 spiro atoms. The van der Waals surface area contributed by atoms with E-state index in [1.54, 1.807) is 7.11 Å². The second-order valence-electron chi connectivity index (χ2n) is 7.64. The third-order valence-electron chi connectivity index (χ3n) is 5.91. The van der Waals surface area contributed by atoms with Crippen LogP contribution in [0.1, 0.15) is 29.9 Å². The number of carbonyl (C=O) groups excluding carboxylic acids is 1. The molecule has 0 saturated carbocycles. The van der Waals surface area contributed by atoms with Crippen LogP contribution >= 0.6 is 0 Å². The van der Waals surface area contributed by atoms with Crippen LogP contribution in [0.5, 0.6) is 0 Å². The topological polar surface area (TPSA) is 50.8 Å². The molecule has 2 saturated heterocycles. The molecule has 154 valence electrons. The lowest BCUT2D eigenvalue weighted by Crippen LogP contribution is -2.52. The fraction of sp³-hybridized carbons (Fsp3) is 0.409. The predicted molar refractivity (Wildman–Crippen MR) is 103 cm³/mol. The Hall–Kier alpha value is -2.51. The van der Waals surface area contributed by atoms with E-state index >= 15 is 0 Å². The molecule has 0 bridgehead atoms. The zero-order valence-electron chi connectivity index (χ0n) is 16.2. The summed E-state index contributed by atoms with van der Waals surface area (Å²) in [5.41, 5.74) is 0.619. The number of carbonyl (C=O) groups is 1. The average molecular weight is 402 g/mol. The number of benzene rings is 2. The number of methoxy groups -OCH3 is 1. The molecule has 29 heavy (non-hydrogen) atoms. The van der Waals surface area contributed by atoms with Gasteiger partial charge in [-0.15, -0.1) is 0 Å². The van der Waals surface area contributed by atoms with E-state index in [2.05, 4.69) is 10.2 Å². The zero-order valence-corrected chi connectivity index (χ0v) is 16.2. The maximum Gasteiger partial charge on any atom is 0.407 e. The van der Waals surface area contributed by atoms with Crippen molar-refractivity contribution in [1.29, 1.82) is 0 Å². The van der Waals surface area contributed by atoms with Crippen molar-refractivity contribution in [1.82, 2.24) is 10.2 Å². The SMILES string of the molecule is COC(C(c1ccccc1)c1cc(F)ccc1F)N1CCC2(CC1)CNC(=O)O2. The highest BCUT2D eigenvalue weighted by atomic mass is 19.1. The molecule has 2 aliphatic rings. The van der Waals surface area contributed by atoms with E-state index in [1.807, 2.05) is 30.3 Å². The van der Waals surface area contributed by atoms with E-state index < -0.39 is 29.4 Å². The van der Waals surface area contributed by atoms with Gasteiger partial charge in [0.05, 0.1) is 12.5 Å². The lowest BCUT2D eigenvalue weighted by Gasteiger charge is -2.43. The molecule has 2 heterocycles. The van der Waals surface area contributed by atoms with Gasteiger partial charge in [-0.3, -0.25) is 4.90 Å². The van der Waals surface area contributed by atoms with Gasteiger partial charge >= 0.3 is 6.09 Å². The van der Waals surface area contributed by atoms with Crippen molar-refractivity contribution in [3.8, 4) is 0 Å². The van der Waals surface area contributed by atoms with Gasteiger partial charge in [0.25, 0.3) is 0 Å². The van der Waals surface area contributed by atoms with Crippen LogP contribution in [0.25, 0.3) is 0 Å². The van der Waals surface area contributed by atoms with E-state index in [4.69, 9.17) is 9.47 Å². The van der Waals surface area contributed by atoms with Crippen LogP contribution in [0.2, 0.25) is 0 Å². The Morgan fingerprint density at radius 3 is 2.48 bits per heavy atom. The molecule has 7 heteroatoms. The summed E-state index contributed by atoms with van der Waals surface area (Å²) in [5.74, 6) is -1.46. The van der Waals surface area contributed by atoms with Gasteiger partial charge in [-0.1, -0.05) is 30.3 Å². The molecule has 2 aromatic carbocycles. The Labute approximate surface area is 168 Å². The third kappa shape index (κ3) is 3.97. The van der Waals surface area contributed by atoms with Gasteiger partial charge in [0.15, 0.2) is 0 Å². The Kier molecular flexibility index (Phi) is 5.52. The van der Waals surface area contributed by atoms with E-state index in [0.717, 1.165) is 17.7 Å². The summed E-state index contributed by atoms with van der Waals surface area (Å²) in [4.78, 5) is 13.6. The highest BCUT2D eigenvalue weighted by molar-refractivity contribution is 5.70. The van der Waals surface area contributed by atoms with Crippen molar-refractivity contribution >= 4 is 6.09 Å². The minimum atomic E-state index is -0.504. The van der Waals surface area contributed by atoms with Crippen molar-refractivity contribution in [3.63, 3.8) is 0 Å². The molecule has 0 radical (unpaired) electrons. The largest absolute Gasteiger partial charge is 0.441 e. The van der Waals surface area contributed by atoms with Gasteiger partial charge in [-0.25, -0.2) is 13.6 Å². The average Bonchev–Trinajstić information content (AvgIpc) is 3.10. The molecular formula is C22H24F2N2O3. The summed E-state index contributed by atoms with van der Waals surface area (Å²) in [6.07, 6.45) is 0.430. The molecule has 2 fully saturated rings. The predicted octanol–water partition coefficient (Wildman–Crippen LogP) is 3.64. The number of nitrogens with zero attached hydrogens (tertiary/aromatic N) is 1. The van der Waals surface area contributed by atoms with Crippen molar-refractivity contribution in [3.05, 3.63) is 71.3 Å². The highest BCUT2D eigenvalue weighted by Gasteiger charge is 2.45. The molecule has 0 aromatic heterocycles.